The molecule has 160 valence electrons. The normalized spacial score (nSPS) is 12.1. The quantitative estimate of drug-likeness (QED) is 0.613. The fraction of sp³-hybridized carbons (Fsp3) is 0.208. The van der Waals surface area contributed by atoms with Crippen molar-refractivity contribution >= 4 is 11.6 Å². The molecule has 1 heterocycles. The minimum atomic E-state index is -0.245. The third kappa shape index (κ3) is 4.83. The minimum absolute atomic E-state index is 0.245. The lowest BCUT2D eigenvalue weighted by molar-refractivity contribution is 0.102. The average Bonchev–Trinajstić information content (AvgIpc) is 2.82. The van der Waals surface area contributed by atoms with Crippen molar-refractivity contribution in [1.29, 1.82) is 0 Å². The molecule has 0 aliphatic carbocycles. The molecule has 0 spiro atoms. The summed E-state index contributed by atoms with van der Waals surface area (Å²) < 4.78 is 27.5. The number of rotatable bonds is 7. The first kappa shape index (κ1) is 20.4. The third-order valence-electron chi connectivity index (χ3n) is 4.80. The average molecular weight is 421 g/mol. The highest BCUT2D eigenvalue weighted by molar-refractivity contribution is 6.04. The van der Waals surface area contributed by atoms with Crippen LogP contribution in [0.25, 0.3) is 0 Å². The number of carbonyl (C=O) groups is 1. The number of methoxy groups -OCH3 is 2. The Hall–Kier alpha value is -3.87. The molecule has 0 unspecified atom stereocenters. The van der Waals surface area contributed by atoms with E-state index in [2.05, 4.69) is 5.32 Å². The van der Waals surface area contributed by atoms with Crippen LogP contribution < -0.4 is 29.0 Å². The lowest BCUT2D eigenvalue weighted by atomic mass is 10.1. The van der Waals surface area contributed by atoms with Gasteiger partial charge in [0, 0.05) is 22.9 Å². The molecule has 3 aromatic rings. The lowest BCUT2D eigenvalue weighted by Gasteiger charge is -2.19. The first-order valence-corrected chi connectivity index (χ1v) is 9.81. The maximum atomic E-state index is 12.8. The van der Waals surface area contributed by atoms with Gasteiger partial charge in [0.2, 0.25) is 0 Å². The first-order valence-electron chi connectivity index (χ1n) is 9.81. The van der Waals surface area contributed by atoms with Crippen LogP contribution in [-0.2, 0) is 6.61 Å². The molecule has 0 saturated carbocycles. The molecule has 1 aliphatic rings. The molecule has 1 amide bonds. The largest absolute Gasteiger partial charge is 0.497 e. The SMILES string of the molecule is COc1ccc(OCc2cc(C(=O)Nc3ccc4c(c3)OCCO4)ccc2OC)cc1. The van der Waals surface area contributed by atoms with Crippen LogP contribution in [0.1, 0.15) is 15.9 Å². The second kappa shape index (κ2) is 9.30. The molecule has 1 aliphatic heterocycles. The van der Waals surface area contributed by atoms with Crippen molar-refractivity contribution in [2.75, 3.05) is 32.8 Å². The Labute approximate surface area is 180 Å². The molecular formula is C24H23NO6. The molecule has 1 N–H and O–H groups in total. The van der Waals surface area contributed by atoms with Crippen molar-refractivity contribution in [1.82, 2.24) is 0 Å². The van der Waals surface area contributed by atoms with Crippen LogP contribution in [0, 0.1) is 0 Å². The Morgan fingerprint density at radius 2 is 1.61 bits per heavy atom. The zero-order valence-corrected chi connectivity index (χ0v) is 17.3. The standard InChI is InChI=1S/C24H23NO6/c1-27-19-5-7-20(8-6-19)31-15-17-13-16(3-9-21(17)28-2)24(26)25-18-4-10-22-23(14-18)30-12-11-29-22/h3-10,13-14H,11-12,15H2,1-2H3,(H,25,26). The van der Waals surface area contributed by atoms with Gasteiger partial charge in [-0.25, -0.2) is 0 Å². The second-order valence-corrected chi connectivity index (χ2v) is 6.80. The van der Waals surface area contributed by atoms with Gasteiger partial charge in [0.15, 0.2) is 11.5 Å². The summed E-state index contributed by atoms with van der Waals surface area (Å²) in [7, 11) is 3.20. The number of amides is 1. The molecule has 0 bridgehead atoms. The summed E-state index contributed by atoms with van der Waals surface area (Å²) in [6.07, 6.45) is 0. The molecule has 0 saturated heterocycles. The molecular weight excluding hydrogens is 398 g/mol. The van der Waals surface area contributed by atoms with Gasteiger partial charge in [0.1, 0.15) is 37.1 Å². The van der Waals surface area contributed by atoms with Crippen molar-refractivity contribution in [3.63, 3.8) is 0 Å². The smallest absolute Gasteiger partial charge is 0.255 e. The molecule has 7 nitrogen and oxygen atoms in total. The van der Waals surface area contributed by atoms with Crippen LogP contribution in [0.5, 0.6) is 28.7 Å². The molecule has 0 atom stereocenters. The molecule has 3 aromatic carbocycles. The summed E-state index contributed by atoms with van der Waals surface area (Å²) in [5, 5.41) is 2.89. The van der Waals surface area contributed by atoms with Crippen LogP contribution in [0.2, 0.25) is 0 Å². The predicted molar refractivity (Wildman–Crippen MR) is 116 cm³/mol. The van der Waals surface area contributed by atoms with E-state index in [0.717, 1.165) is 11.3 Å². The van der Waals surface area contributed by atoms with E-state index >= 15 is 0 Å². The Balaban J connectivity index is 1.47. The maximum Gasteiger partial charge on any atom is 0.255 e. The topological polar surface area (TPSA) is 75.3 Å². The third-order valence-corrected chi connectivity index (χ3v) is 4.80. The second-order valence-electron chi connectivity index (χ2n) is 6.80. The molecule has 31 heavy (non-hydrogen) atoms. The van der Waals surface area contributed by atoms with Crippen molar-refractivity contribution in [3.8, 4) is 28.7 Å². The summed E-state index contributed by atoms with van der Waals surface area (Å²) in [5.74, 6) is 3.13. The highest BCUT2D eigenvalue weighted by Crippen LogP contribution is 2.33. The van der Waals surface area contributed by atoms with Crippen LogP contribution in [0.4, 0.5) is 5.69 Å². The van der Waals surface area contributed by atoms with E-state index in [1.54, 1.807) is 50.6 Å². The number of benzene rings is 3. The Bertz CT molecular complexity index is 1060. The van der Waals surface area contributed by atoms with Gasteiger partial charge in [0.05, 0.1) is 14.2 Å². The molecule has 0 radical (unpaired) electrons. The van der Waals surface area contributed by atoms with Crippen LogP contribution in [0.3, 0.4) is 0 Å². The van der Waals surface area contributed by atoms with Crippen molar-refractivity contribution in [2.45, 2.75) is 6.61 Å². The van der Waals surface area contributed by atoms with Gasteiger partial charge in [-0.3, -0.25) is 4.79 Å². The summed E-state index contributed by atoms with van der Waals surface area (Å²) in [4.78, 5) is 12.8. The van der Waals surface area contributed by atoms with Gasteiger partial charge in [0.25, 0.3) is 5.91 Å². The maximum absolute atomic E-state index is 12.8. The van der Waals surface area contributed by atoms with Crippen LogP contribution in [-0.4, -0.2) is 33.3 Å². The fourth-order valence-corrected chi connectivity index (χ4v) is 3.19. The van der Waals surface area contributed by atoms with Crippen molar-refractivity contribution in [3.05, 3.63) is 71.8 Å². The van der Waals surface area contributed by atoms with Gasteiger partial charge in [-0.2, -0.15) is 0 Å². The molecule has 4 rings (SSSR count). The molecule has 7 heteroatoms. The van der Waals surface area contributed by atoms with Crippen LogP contribution >= 0.6 is 0 Å². The highest BCUT2D eigenvalue weighted by atomic mass is 16.6. The van der Waals surface area contributed by atoms with Gasteiger partial charge in [-0.1, -0.05) is 0 Å². The first-order chi connectivity index (χ1) is 15.2. The summed E-state index contributed by atoms with van der Waals surface area (Å²) in [6.45, 7) is 1.26. The van der Waals surface area contributed by atoms with Crippen molar-refractivity contribution < 1.29 is 28.5 Å². The number of fused-ring (bicyclic) bond motifs is 1. The summed E-state index contributed by atoms with van der Waals surface area (Å²) in [6, 6.07) is 17.8. The zero-order chi connectivity index (χ0) is 21.6. The summed E-state index contributed by atoms with van der Waals surface area (Å²) >= 11 is 0. The van der Waals surface area contributed by atoms with Gasteiger partial charge in [-0.15, -0.1) is 0 Å². The number of ether oxygens (including phenoxy) is 5. The van der Waals surface area contributed by atoms with Gasteiger partial charge in [-0.05, 0) is 54.6 Å². The Kier molecular flexibility index (Phi) is 6.12. The lowest BCUT2D eigenvalue weighted by Crippen LogP contribution is -2.16. The van der Waals surface area contributed by atoms with Crippen LogP contribution in [0.15, 0.2) is 60.7 Å². The Morgan fingerprint density at radius 3 is 2.35 bits per heavy atom. The van der Waals surface area contributed by atoms with E-state index in [1.165, 1.54) is 0 Å². The number of hydrogen-bond acceptors (Lipinski definition) is 6. The van der Waals surface area contributed by atoms with Gasteiger partial charge >= 0.3 is 0 Å². The fourth-order valence-electron chi connectivity index (χ4n) is 3.19. The highest BCUT2D eigenvalue weighted by Gasteiger charge is 2.15. The van der Waals surface area contributed by atoms with E-state index in [1.807, 2.05) is 24.3 Å². The van der Waals surface area contributed by atoms with E-state index in [4.69, 9.17) is 23.7 Å². The minimum Gasteiger partial charge on any atom is -0.497 e. The van der Waals surface area contributed by atoms with Gasteiger partial charge < -0.3 is 29.0 Å². The number of anilines is 1. The number of carbonyl (C=O) groups excluding carboxylic acids is 1. The number of nitrogens with one attached hydrogen (secondary N) is 1. The zero-order valence-electron chi connectivity index (χ0n) is 17.3. The van der Waals surface area contributed by atoms with E-state index < -0.39 is 0 Å². The Morgan fingerprint density at radius 1 is 0.871 bits per heavy atom. The number of hydrogen-bond donors (Lipinski definition) is 1. The predicted octanol–water partition coefficient (Wildman–Crippen LogP) is 4.31. The van der Waals surface area contributed by atoms with E-state index in [0.29, 0.717) is 47.5 Å². The van der Waals surface area contributed by atoms with Crippen molar-refractivity contribution in [2.24, 2.45) is 0 Å². The van der Waals surface area contributed by atoms with E-state index in [-0.39, 0.29) is 12.5 Å². The van der Waals surface area contributed by atoms with E-state index in [9.17, 15) is 4.79 Å². The molecule has 0 aromatic heterocycles. The monoisotopic (exact) mass is 421 g/mol. The molecule has 0 fully saturated rings. The summed E-state index contributed by atoms with van der Waals surface area (Å²) in [5.41, 5.74) is 1.87.